The molecule has 2 fully saturated rings. The van der Waals surface area contributed by atoms with Gasteiger partial charge in [-0.2, -0.15) is 4.98 Å². The summed E-state index contributed by atoms with van der Waals surface area (Å²) in [5.74, 6) is 0.738. The third-order valence-corrected chi connectivity index (χ3v) is 3.82. The van der Waals surface area contributed by atoms with Crippen molar-refractivity contribution in [3.05, 3.63) is 12.4 Å². The molecule has 0 saturated carbocycles. The van der Waals surface area contributed by atoms with Crippen molar-refractivity contribution in [2.24, 2.45) is 0 Å². The van der Waals surface area contributed by atoms with Crippen molar-refractivity contribution < 1.29 is 19.1 Å². The summed E-state index contributed by atoms with van der Waals surface area (Å²) in [7, 11) is 1.51. The van der Waals surface area contributed by atoms with E-state index in [4.69, 9.17) is 9.47 Å². The van der Waals surface area contributed by atoms with Crippen molar-refractivity contribution in [2.45, 2.75) is 18.9 Å². The first-order valence-corrected chi connectivity index (χ1v) is 7.54. The van der Waals surface area contributed by atoms with E-state index in [1.54, 1.807) is 4.90 Å². The number of carbonyl (C=O) groups is 2. The number of ether oxygens (including phenoxy) is 2. The second-order valence-corrected chi connectivity index (χ2v) is 5.39. The highest BCUT2D eigenvalue weighted by atomic mass is 16.5. The first-order valence-electron chi connectivity index (χ1n) is 7.54. The maximum Gasteiger partial charge on any atom is 0.328 e. The summed E-state index contributed by atoms with van der Waals surface area (Å²) in [6, 6.07) is -0.610. The quantitative estimate of drug-likeness (QED) is 0.869. The summed E-state index contributed by atoms with van der Waals surface area (Å²) in [4.78, 5) is 35.0. The van der Waals surface area contributed by atoms with Crippen molar-refractivity contribution in [2.75, 3.05) is 33.3 Å². The molecule has 0 aliphatic carbocycles. The minimum absolute atomic E-state index is 0.181. The minimum Gasteiger partial charge on any atom is -0.480 e. The van der Waals surface area contributed by atoms with Gasteiger partial charge in [0.05, 0.1) is 26.0 Å². The van der Waals surface area contributed by atoms with Crippen molar-refractivity contribution in [1.82, 2.24) is 25.1 Å². The molecule has 4 amide bonds. The van der Waals surface area contributed by atoms with Crippen LogP contribution < -0.4 is 14.8 Å². The zero-order valence-corrected chi connectivity index (χ0v) is 12.9. The van der Waals surface area contributed by atoms with Crippen LogP contribution >= 0.6 is 0 Å². The molecule has 2 aliphatic rings. The third-order valence-electron chi connectivity index (χ3n) is 3.82. The van der Waals surface area contributed by atoms with Crippen LogP contribution in [-0.4, -0.2) is 71.2 Å². The molecular weight excluding hydrogens is 302 g/mol. The Morgan fingerprint density at radius 1 is 1.35 bits per heavy atom. The first kappa shape index (κ1) is 15.3. The number of piperidine rings is 1. The van der Waals surface area contributed by atoms with E-state index in [-0.39, 0.29) is 18.2 Å². The molecular formula is C14H19N5O4. The van der Waals surface area contributed by atoms with Gasteiger partial charge in [-0.1, -0.05) is 0 Å². The highest BCUT2D eigenvalue weighted by Crippen LogP contribution is 2.19. The monoisotopic (exact) mass is 321 g/mol. The maximum atomic E-state index is 12.4. The van der Waals surface area contributed by atoms with E-state index >= 15 is 0 Å². The molecule has 2 aliphatic heterocycles. The number of nitrogens with zero attached hydrogens (tertiary/aromatic N) is 4. The molecule has 1 N–H and O–H groups in total. The van der Waals surface area contributed by atoms with Gasteiger partial charge in [-0.05, 0) is 12.8 Å². The van der Waals surface area contributed by atoms with E-state index in [2.05, 4.69) is 15.3 Å². The molecule has 9 heteroatoms. The number of amides is 4. The average molecular weight is 321 g/mol. The molecule has 1 aromatic heterocycles. The van der Waals surface area contributed by atoms with Crippen molar-refractivity contribution in [3.8, 4) is 11.8 Å². The summed E-state index contributed by atoms with van der Waals surface area (Å²) in [6.07, 6.45) is 4.45. The van der Waals surface area contributed by atoms with Gasteiger partial charge in [0, 0.05) is 19.6 Å². The van der Waals surface area contributed by atoms with Gasteiger partial charge in [-0.15, -0.1) is 0 Å². The Kier molecular flexibility index (Phi) is 4.45. The van der Waals surface area contributed by atoms with E-state index in [1.807, 2.05) is 0 Å². The summed E-state index contributed by atoms with van der Waals surface area (Å²) in [5.41, 5.74) is 0. The number of aromatic nitrogens is 2. The van der Waals surface area contributed by atoms with E-state index in [0.29, 0.717) is 37.9 Å². The van der Waals surface area contributed by atoms with Gasteiger partial charge in [0.15, 0.2) is 0 Å². The Balaban J connectivity index is 1.61. The van der Waals surface area contributed by atoms with Crippen LogP contribution in [0, 0.1) is 0 Å². The molecule has 0 aromatic carbocycles. The van der Waals surface area contributed by atoms with Gasteiger partial charge in [-0.3, -0.25) is 4.98 Å². The number of hydrogen-bond donors (Lipinski definition) is 1. The average Bonchev–Trinajstić information content (AvgIpc) is 3.00. The van der Waals surface area contributed by atoms with Gasteiger partial charge in [0.2, 0.25) is 11.8 Å². The van der Waals surface area contributed by atoms with E-state index in [9.17, 15) is 9.59 Å². The Morgan fingerprint density at radius 2 is 2.17 bits per heavy atom. The second-order valence-electron chi connectivity index (χ2n) is 5.39. The molecule has 0 bridgehead atoms. The topological polar surface area (TPSA) is 96.9 Å². The number of hydrogen-bond acceptors (Lipinski definition) is 6. The summed E-state index contributed by atoms with van der Waals surface area (Å²) < 4.78 is 10.8. The van der Waals surface area contributed by atoms with Crippen molar-refractivity contribution in [1.29, 1.82) is 0 Å². The van der Waals surface area contributed by atoms with Gasteiger partial charge < -0.3 is 19.7 Å². The second kappa shape index (κ2) is 6.67. The molecule has 1 atom stereocenters. The number of methoxy groups -OCH3 is 1. The van der Waals surface area contributed by atoms with Gasteiger partial charge in [-0.25, -0.2) is 14.5 Å². The predicted molar refractivity (Wildman–Crippen MR) is 79.3 cm³/mol. The number of urea groups is 2. The Hall–Kier alpha value is -2.58. The van der Waals surface area contributed by atoms with Crippen LogP contribution in [0.2, 0.25) is 0 Å². The zero-order valence-electron chi connectivity index (χ0n) is 12.9. The molecule has 3 rings (SSSR count). The van der Waals surface area contributed by atoms with Crippen LogP contribution in [0.4, 0.5) is 9.59 Å². The molecule has 3 heterocycles. The molecule has 23 heavy (non-hydrogen) atoms. The molecule has 1 aromatic rings. The zero-order chi connectivity index (χ0) is 16.2. The Morgan fingerprint density at radius 3 is 2.91 bits per heavy atom. The highest BCUT2D eigenvalue weighted by Gasteiger charge is 2.33. The lowest BCUT2D eigenvalue weighted by atomic mass is 10.1. The highest BCUT2D eigenvalue weighted by molar-refractivity contribution is 5.95. The van der Waals surface area contributed by atoms with E-state index in [1.165, 1.54) is 24.4 Å². The van der Waals surface area contributed by atoms with E-state index in [0.717, 1.165) is 12.8 Å². The summed E-state index contributed by atoms with van der Waals surface area (Å²) in [6.45, 7) is 1.94. The maximum absolute atomic E-state index is 12.4. The molecule has 0 radical (unpaired) electrons. The minimum atomic E-state index is -0.336. The Labute approximate surface area is 133 Å². The van der Waals surface area contributed by atoms with Crippen LogP contribution in [-0.2, 0) is 0 Å². The lowest BCUT2D eigenvalue weighted by Gasteiger charge is -2.34. The SMILES string of the molecule is COc1cncc(O[C@H]2CCCN(C(=O)N3CCNC3=O)C2)n1. The first-order chi connectivity index (χ1) is 11.2. The predicted octanol–water partition coefficient (Wildman–Crippen LogP) is 0.474. The van der Waals surface area contributed by atoms with Crippen LogP contribution in [0.1, 0.15) is 12.8 Å². The number of nitrogens with one attached hydrogen (secondary N) is 1. The smallest absolute Gasteiger partial charge is 0.328 e. The van der Waals surface area contributed by atoms with Crippen LogP contribution in [0.15, 0.2) is 12.4 Å². The molecule has 9 nitrogen and oxygen atoms in total. The normalized spacial score (nSPS) is 21.1. The standard InChI is InChI=1S/C14H19N5O4/c1-22-11-7-15-8-12(17-11)23-10-3-2-5-18(9-10)14(21)19-6-4-16-13(19)20/h7-8,10H,2-6,9H2,1H3,(H,16,20)/t10-/m0/s1. The van der Waals surface area contributed by atoms with Crippen LogP contribution in [0.25, 0.3) is 0 Å². The summed E-state index contributed by atoms with van der Waals surface area (Å²) in [5, 5.41) is 2.63. The largest absolute Gasteiger partial charge is 0.480 e. The Bertz CT molecular complexity index is 596. The lowest BCUT2D eigenvalue weighted by molar-refractivity contribution is 0.0874. The van der Waals surface area contributed by atoms with Gasteiger partial charge >= 0.3 is 12.1 Å². The van der Waals surface area contributed by atoms with Crippen molar-refractivity contribution >= 4 is 12.1 Å². The fraction of sp³-hybridized carbons (Fsp3) is 0.571. The number of likely N-dealkylation sites (tertiary alicyclic amines) is 1. The van der Waals surface area contributed by atoms with Gasteiger partial charge in [0.1, 0.15) is 6.10 Å². The fourth-order valence-corrected chi connectivity index (χ4v) is 2.69. The van der Waals surface area contributed by atoms with Crippen LogP contribution in [0.5, 0.6) is 11.8 Å². The van der Waals surface area contributed by atoms with Crippen molar-refractivity contribution in [3.63, 3.8) is 0 Å². The van der Waals surface area contributed by atoms with Crippen LogP contribution in [0.3, 0.4) is 0 Å². The number of imide groups is 1. The summed E-state index contributed by atoms with van der Waals surface area (Å²) >= 11 is 0. The number of carbonyl (C=O) groups excluding carboxylic acids is 2. The molecule has 0 unspecified atom stereocenters. The van der Waals surface area contributed by atoms with Gasteiger partial charge in [0.25, 0.3) is 0 Å². The third kappa shape index (κ3) is 3.43. The van der Waals surface area contributed by atoms with E-state index < -0.39 is 0 Å². The lowest BCUT2D eigenvalue weighted by Crippen LogP contribution is -2.50. The number of rotatable bonds is 3. The molecule has 2 saturated heterocycles. The molecule has 124 valence electrons. The molecule has 0 spiro atoms. The fourth-order valence-electron chi connectivity index (χ4n) is 2.69.